The lowest BCUT2D eigenvalue weighted by molar-refractivity contribution is 0.486. The molecule has 0 fully saturated rings. The molecule has 1 aromatic rings. The van der Waals surface area contributed by atoms with Gasteiger partial charge in [-0.15, -0.1) is 22.9 Å². The third-order valence-corrected chi connectivity index (χ3v) is 3.89. The Morgan fingerprint density at radius 3 is 2.54 bits per heavy atom. The molecule has 1 aromatic heterocycles. The van der Waals surface area contributed by atoms with Crippen LogP contribution in [-0.4, -0.2) is 5.38 Å². The fraction of sp³-hybridized carbons (Fsp3) is 0.600. The highest BCUT2D eigenvalue weighted by Crippen LogP contribution is 2.38. The standard InChI is InChI=1S/C10H14Cl2S/c1-7(11)6-10(2,3)9-8(12)4-5-13-9/h4-5,7H,6H2,1-3H3. The number of thiophene rings is 1. The van der Waals surface area contributed by atoms with Gasteiger partial charge in [0.1, 0.15) is 0 Å². The van der Waals surface area contributed by atoms with Gasteiger partial charge in [-0.3, -0.25) is 0 Å². The van der Waals surface area contributed by atoms with Crippen LogP contribution < -0.4 is 0 Å². The molecule has 74 valence electrons. The van der Waals surface area contributed by atoms with Crippen molar-refractivity contribution in [2.45, 2.75) is 38.0 Å². The van der Waals surface area contributed by atoms with Crippen LogP contribution in [0.4, 0.5) is 0 Å². The van der Waals surface area contributed by atoms with Crippen LogP contribution in [0.5, 0.6) is 0 Å². The van der Waals surface area contributed by atoms with E-state index in [0.29, 0.717) is 0 Å². The number of hydrogen-bond donors (Lipinski definition) is 0. The van der Waals surface area contributed by atoms with Gasteiger partial charge >= 0.3 is 0 Å². The number of halogens is 2. The van der Waals surface area contributed by atoms with Crippen LogP contribution in [0, 0.1) is 0 Å². The van der Waals surface area contributed by atoms with Crippen LogP contribution in [0.15, 0.2) is 11.4 Å². The molecule has 0 amide bonds. The van der Waals surface area contributed by atoms with Crippen molar-refractivity contribution < 1.29 is 0 Å². The van der Waals surface area contributed by atoms with E-state index >= 15 is 0 Å². The van der Waals surface area contributed by atoms with Crippen molar-refractivity contribution in [2.75, 3.05) is 0 Å². The van der Waals surface area contributed by atoms with E-state index in [2.05, 4.69) is 13.8 Å². The van der Waals surface area contributed by atoms with Gasteiger partial charge in [-0.2, -0.15) is 0 Å². The molecule has 13 heavy (non-hydrogen) atoms. The number of hydrogen-bond acceptors (Lipinski definition) is 1. The molecule has 0 aliphatic rings. The molecule has 1 rings (SSSR count). The van der Waals surface area contributed by atoms with Crippen molar-refractivity contribution >= 4 is 34.5 Å². The van der Waals surface area contributed by atoms with Gasteiger partial charge in [0.25, 0.3) is 0 Å². The zero-order valence-electron chi connectivity index (χ0n) is 8.10. The third kappa shape index (κ3) is 2.87. The van der Waals surface area contributed by atoms with Crippen LogP contribution in [-0.2, 0) is 5.41 Å². The molecule has 0 spiro atoms. The molecule has 0 aliphatic heterocycles. The quantitative estimate of drug-likeness (QED) is 0.668. The average Bonchev–Trinajstić information content (AvgIpc) is 2.32. The van der Waals surface area contributed by atoms with Gasteiger partial charge in [0.15, 0.2) is 0 Å². The van der Waals surface area contributed by atoms with Crippen LogP contribution >= 0.6 is 34.5 Å². The maximum atomic E-state index is 6.08. The summed E-state index contributed by atoms with van der Waals surface area (Å²) in [6, 6.07) is 1.95. The predicted octanol–water partition coefficient (Wildman–Crippen LogP) is 4.70. The SMILES string of the molecule is CC(Cl)CC(C)(C)c1sccc1Cl. The van der Waals surface area contributed by atoms with Crippen LogP contribution in [0.1, 0.15) is 32.1 Å². The molecule has 0 aromatic carbocycles. The summed E-state index contributed by atoms with van der Waals surface area (Å²) in [5.74, 6) is 0. The van der Waals surface area contributed by atoms with E-state index in [1.165, 1.54) is 4.88 Å². The molecule has 0 saturated carbocycles. The molecular weight excluding hydrogens is 223 g/mol. The highest BCUT2D eigenvalue weighted by Gasteiger charge is 2.26. The number of alkyl halides is 1. The van der Waals surface area contributed by atoms with E-state index < -0.39 is 0 Å². The van der Waals surface area contributed by atoms with Gasteiger partial charge in [0, 0.05) is 15.7 Å². The van der Waals surface area contributed by atoms with Gasteiger partial charge in [-0.1, -0.05) is 25.4 Å². The zero-order valence-corrected chi connectivity index (χ0v) is 10.4. The summed E-state index contributed by atoms with van der Waals surface area (Å²) < 4.78 is 0. The van der Waals surface area contributed by atoms with E-state index in [0.717, 1.165) is 11.4 Å². The Morgan fingerprint density at radius 1 is 1.54 bits per heavy atom. The van der Waals surface area contributed by atoms with E-state index in [9.17, 15) is 0 Å². The second-order valence-electron chi connectivity index (χ2n) is 3.97. The molecule has 0 N–H and O–H groups in total. The Balaban J connectivity index is 2.87. The minimum absolute atomic E-state index is 0.0897. The van der Waals surface area contributed by atoms with Gasteiger partial charge in [-0.05, 0) is 24.8 Å². The molecular formula is C10H14Cl2S. The third-order valence-electron chi connectivity index (χ3n) is 2.02. The average molecular weight is 237 g/mol. The monoisotopic (exact) mass is 236 g/mol. The van der Waals surface area contributed by atoms with E-state index in [-0.39, 0.29) is 10.8 Å². The molecule has 0 saturated heterocycles. The molecule has 0 radical (unpaired) electrons. The summed E-state index contributed by atoms with van der Waals surface area (Å²) in [7, 11) is 0. The normalized spacial score (nSPS) is 14.5. The van der Waals surface area contributed by atoms with E-state index in [1.54, 1.807) is 11.3 Å². The van der Waals surface area contributed by atoms with Gasteiger partial charge in [0.2, 0.25) is 0 Å². The molecule has 0 bridgehead atoms. The Labute approximate surface area is 93.9 Å². The van der Waals surface area contributed by atoms with E-state index in [4.69, 9.17) is 23.2 Å². The summed E-state index contributed by atoms with van der Waals surface area (Å²) in [5, 5.41) is 3.08. The fourth-order valence-electron chi connectivity index (χ4n) is 1.57. The molecule has 1 unspecified atom stereocenters. The van der Waals surface area contributed by atoms with Crippen molar-refractivity contribution in [3.8, 4) is 0 Å². The summed E-state index contributed by atoms with van der Waals surface area (Å²) in [5.41, 5.74) is 0.0897. The smallest absolute Gasteiger partial charge is 0.0550 e. The molecule has 3 heteroatoms. The molecule has 0 aliphatic carbocycles. The zero-order chi connectivity index (χ0) is 10.1. The largest absolute Gasteiger partial charge is 0.147 e. The second-order valence-corrected chi connectivity index (χ2v) is 6.03. The van der Waals surface area contributed by atoms with E-state index in [1.807, 2.05) is 18.4 Å². The Kier molecular flexibility index (Phi) is 3.67. The Hall–Kier alpha value is 0.280. The van der Waals surface area contributed by atoms with Crippen LogP contribution in [0.25, 0.3) is 0 Å². The fourth-order valence-corrected chi connectivity index (χ4v) is 3.41. The Bertz CT molecular complexity index is 276. The maximum absolute atomic E-state index is 6.08. The summed E-state index contributed by atoms with van der Waals surface area (Å²) >= 11 is 13.8. The van der Waals surface area contributed by atoms with Crippen molar-refractivity contribution in [1.29, 1.82) is 0 Å². The minimum Gasteiger partial charge on any atom is -0.147 e. The highest BCUT2D eigenvalue weighted by atomic mass is 35.5. The predicted molar refractivity (Wildman–Crippen MR) is 62.3 cm³/mol. The summed E-state index contributed by atoms with van der Waals surface area (Å²) in [6.07, 6.45) is 0.953. The van der Waals surface area contributed by atoms with Crippen LogP contribution in [0.2, 0.25) is 5.02 Å². The summed E-state index contributed by atoms with van der Waals surface area (Å²) in [6.45, 7) is 6.39. The van der Waals surface area contributed by atoms with Crippen LogP contribution in [0.3, 0.4) is 0 Å². The highest BCUT2D eigenvalue weighted by molar-refractivity contribution is 7.10. The van der Waals surface area contributed by atoms with Crippen molar-refractivity contribution in [2.24, 2.45) is 0 Å². The van der Waals surface area contributed by atoms with Gasteiger partial charge in [0.05, 0.1) is 5.02 Å². The first kappa shape index (κ1) is 11.4. The first-order valence-corrected chi connectivity index (χ1v) is 6.00. The maximum Gasteiger partial charge on any atom is 0.0550 e. The summed E-state index contributed by atoms with van der Waals surface area (Å²) in [4.78, 5) is 1.24. The van der Waals surface area contributed by atoms with Gasteiger partial charge in [-0.25, -0.2) is 0 Å². The first-order valence-electron chi connectivity index (χ1n) is 4.31. The minimum atomic E-state index is 0.0897. The van der Waals surface area contributed by atoms with Crippen molar-refractivity contribution in [3.05, 3.63) is 21.3 Å². The van der Waals surface area contributed by atoms with Crippen molar-refractivity contribution in [1.82, 2.24) is 0 Å². The first-order chi connectivity index (χ1) is 5.93. The van der Waals surface area contributed by atoms with Crippen molar-refractivity contribution in [3.63, 3.8) is 0 Å². The second kappa shape index (κ2) is 4.20. The molecule has 1 atom stereocenters. The van der Waals surface area contributed by atoms with Gasteiger partial charge < -0.3 is 0 Å². The Morgan fingerprint density at radius 2 is 2.15 bits per heavy atom. The lowest BCUT2D eigenvalue weighted by Crippen LogP contribution is -2.19. The lowest BCUT2D eigenvalue weighted by Gasteiger charge is -2.25. The topological polar surface area (TPSA) is 0 Å². The molecule has 0 nitrogen and oxygen atoms in total. The molecule has 1 heterocycles. The lowest BCUT2D eigenvalue weighted by atomic mass is 9.86. The number of rotatable bonds is 3.